The molecule has 80 heavy (non-hydrogen) atoms. The molecule has 3 fully saturated rings. The van der Waals surface area contributed by atoms with Gasteiger partial charge in [-0.3, -0.25) is 4.79 Å². The van der Waals surface area contributed by atoms with Crippen LogP contribution in [0.4, 0.5) is 9.59 Å². The highest BCUT2D eigenvalue weighted by Crippen LogP contribution is 2.42. The number of cyclic esters (lactones) is 1. The standard InChI is InChI=1S/C60H85ClN2O17/c1-14-46-60(10,69)53(70-12)37(4)48(62-74-34-43-27-21-22-28-44(43)61)35(2)30-58(8,68)52(38(5)49(39(6)54(65)77-46)78-47-31-59(9,71-13)51(64)40(7)76-47)80-55-50(79-57(67)73-33-42-25-19-16-20-26-42)45(29-36(3)75-55)63(11)56(66)72-32-41-23-17-15-18-24-41/h15-28,35-40,45-47,49-53,55,64,68-69H,14,29-34H2,1-13H3/b62-48+/t35-,36-,37+,38+,39-,40+,45+,46-,47+,49+,50-,51+,52-,53-,55+,58-,59-,60-/m1/s1. The fraction of sp³-hybridized carbons (Fsp3) is 0.633. The predicted molar refractivity (Wildman–Crippen MR) is 296 cm³/mol. The van der Waals surface area contributed by atoms with Crippen molar-refractivity contribution in [2.45, 2.75) is 199 Å². The van der Waals surface area contributed by atoms with E-state index in [4.69, 9.17) is 69.0 Å². The molecule has 0 radical (unpaired) electrons. The lowest BCUT2D eigenvalue weighted by Crippen LogP contribution is -2.62. The summed E-state index contributed by atoms with van der Waals surface area (Å²) in [6, 6.07) is 24.4. The van der Waals surface area contributed by atoms with Gasteiger partial charge in [-0.2, -0.15) is 0 Å². The first kappa shape index (κ1) is 64.2. The minimum absolute atomic E-state index is 0.0192. The third-order valence-electron chi connectivity index (χ3n) is 16.2. The number of oxime groups is 1. The number of aliphatic hydroxyl groups is 3. The third-order valence-corrected chi connectivity index (χ3v) is 16.5. The summed E-state index contributed by atoms with van der Waals surface area (Å²) in [5.41, 5.74) is -2.46. The van der Waals surface area contributed by atoms with Crippen molar-refractivity contribution in [3.8, 4) is 0 Å². The molecule has 18 atom stereocenters. The van der Waals surface area contributed by atoms with E-state index in [1.165, 1.54) is 26.2 Å². The van der Waals surface area contributed by atoms with E-state index >= 15 is 0 Å². The summed E-state index contributed by atoms with van der Waals surface area (Å²) < 4.78 is 62.9. The highest BCUT2D eigenvalue weighted by atomic mass is 35.5. The Morgan fingerprint density at radius 1 is 0.787 bits per heavy atom. The van der Waals surface area contributed by atoms with Crippen LogP contribution in [0.1, 0.15) is 112 Å². The number of carbonyl (C=O) groups excluding carboxylic acids is 3. The number of methoxy groups -OCH3 is 2. The topological polar surface area (TPSA) is 229 Å². The van der Waals surface area contributed by atoms with E-state index in [0.717, 1.165) is 5.56 Å². The van der Waals surface area contributed by atoms with E-state index in [-0.39, 0.29) is 45.5 Å². The number of amides is 1. The molecule has 444 valence electrons. The van der Waals surface area contributed by atoms with E-state index in [9.17, 15) is 29.7 Å². The lowest BCUT2D eigenvalue weighted by molar-refractivity contribution is -0.318. The Hall–Kier alpha value is -4.93. The molecular weight excluding hydrogens is 1060 g/mol. The molecule has 0 aliphatic carbocycles. The largest absolute Gasteiger partial charge is 0.509 e. The van der Waals surface area contributed by atoms with Gasteiger partial charge in [0.15, 0.2) is 18.7 Å². The predicted octanol–water partition coefficient (Wildman–Crippen LogP) is 9.16. The van der Waals surface area contributed by atoms with Crippen LogP contribution in [-0.4, -0.2) is 150 Å². The Kier molecular flexibility index (Phi) is 22.8. The summed E-state index contributed by atoms with van der Waals surface area (Å²) in [6.07, 6.45) is -13.0. The summed E-state index contributed by atoms with van der Waals surface area (Å²) in [5, 5.41) is 42.5. The smallest absolute Gasteiger partial charge is 0.459 e. The third kappa shape index (κ3) is 15.8. The summed E-state index contributed by atoms with van der Waals surface area (Å²) in [7, 11) is 4.45. The average molecular weight is 1140 g/mol. The monoisotopic (exact) mass is 1140 g/mol. The molecule has 3 N–H and O–H groups in total. The van der Waals surface area contributed by atoms with Gasteiger partial charge in [0.1, 0.15) is 37.6 Å². The molecule has 20 heteroatoms. The molecule has 0 bridgehead atoms. The second-order valence-electron chi connectivity index (χ2n) is 22.5. The highest BCUT2D eigenvalue weighted by Gasteiger charge is 2.55. The molecule has 3 aliphatic rings. The zero-order valence-corrected chi connectivity index (χ0v) is 49.3. The van der Waals surface area contributed by atoms with Gasteiger partial charge in [-0.05, 0) is 78.0 Å². The van der Waals surface area contributed by atoms with Crippen molar-refractivity contribution in [1.82, 2.24) is 4.90 Å². The van der Waals surface area contributed by atoms with Crippen LogP contribution in [0.3, 0.4) is 0 Å². The van der Waals surface area contributed by atoms with E-state index in [1.54, 1.807) is 97.9 Å². The van der Waals surface area contributed by atoms with Crippen molar-refractivity contribution in [2.75, 3.05) is 21.3 Å². The Morgan fingerprint density at radius 2 is 1.40 bits per heavy atom. The lowest BCUT2D eigenvalue weighted by Gasteiger charge is -2.49. The summed E-state index contributed by atoms with van der Waals surface area (Å²) in [6.45, 7) is 16.9. The van der Waals surface area contributed by atoms with Gasteiger partial charge < -0.3 is 72.4 Å². The first-order chi connectivity index (χ1) is 37.8. The van der Waals surface area contributed by atoms with Gasteiger partial charge in [-0.25, -0.2) is 9.59 Å². The molecule has 3 heterocycles. The van der Waals surface area contributed by atoms with Gasteiger partial charge >= 0.3 is 18.2 Å². The lowest BCUT2D eigenvalue weighted by atomic mass is 9.73. The van der Waals surface area contributed by atoms with E-state index < -0.39 is 126 Å². The van der Waals surface area contributed by atoms with Gasteiger partial charge in [-0.15, -0.1) is 0 Å². The number of ether oxygens (including phenoxy) is 10. The molecular formula is C60H85ClN2O17. The maximum absolute atomic E-state index is 14.9. The number of nitrogens with zero attached hydrogens (tertiary/aromatic N) is 2. The van der Waals surface area contributed by atoms with E-state index in [2.05, 4.69) is 0 Å². The van der Waals surface area contributed by atoms with Crippen LogP contribution >= 0.6 is 11.6 Å². The summed E-state index contributed by atoms with van der Waals surface area (Å²) in [5.74, 6) is -4.39. The van der Waals surface area contributed by atoms with E-state index in [1.807, 2.05) is 56.3 Å². The van der Waals surface area contributed by atoms with Crippen molar-refractivity contribution >= 4 is 35.5 Å². The number of benzene rings is 3. The Balaban J connectivity index is 1.48. The first-order valence-electron chi connectivity index (χ1n) is 27.6. The van der Waals surface area contributed by atoms with Crippen LogP contribution < -0.4 is 0 Å². The molecule has 19 nitrogen and oxygen atoms in total. The number of aliphatic hydroxyl groups excluding tert-OH is 1. The molecule has 3 aromatic carbocycles. The number of hydrogen-bond acceptors (Lipinski definition) is 18. The first-order valence-corrected chi connectivity index (χ1v) is 28.0. The highest BCUT2D eigenvalue weighted by molar-refractivity contribution is 6.31. The van der Waals surface area contributed by atoms with Crippen molar-refractivity contribution < 1.29 is 81.9 Å². The van der Waals surface area contributed by atoms with Crippen molar-refractivity contribution in [3.05, 3.63) is 107 Å². The molecule has 3 saturated heterocycles. The van der Waals surface area contributed by atoms with Gasteiger partial charge in [0, 0.05) is 56.0 Å². The number of halogens is 1. The fourth-order valence-electron chi connectivity index (χ4n) is 11.6. The van der Waals surface area contributed by atoms with Crippen LogP contribution in [0.5, 0.6) is 0 Å². The van der Waals surface area contributed by atoms with Gasteiger partial charge in [0.25, 0.3) is 0 Å². The second kappa shape index (κ2) is 28.4. The normalized spacial score (nSPS) is 36.0. The number of esters is 1. The molecule has 1 amide bonds. The number of carbonyl (C=O) groups is 3. The van der Waals surface area contributed by atoms with Crippen LogP contribution in [0.15, 0.2) is 90.1 Å². The Bertz CT molecular complexity index is 2490. The van der Waals surface area contributed by atoms with Crippen molar-refractivity contribution in [2.24, 2.45) is 28.8 Å². The second-order valence-corrected chi connectivity index (χ2v) is 22.9. The molecule has 3 aromatic rings. The van der Waals surface area contributed by atoms with E-state index in [0.29, 0.717) is 21.9 Å². The molecule has 0 aromatic heterocycles. The van der Waals surface area contributed by atoms with Gasteiger partial charge in [-0.1, -0.05) is 123 Å². The summed E-state index contributed by atoms with van der Waals surface area (Å²) in [4.78, 5) is 50.4. The number of rotatable bonds is 16. The van der Waals surface area contributed by atoms with Crippen LogP contribution in [0, 0.1) is 23.7 Å². The minimum atomic E-state index is -1.95. The number of likely N-dealkylation sites (N-methyl/N-ethyl adjacent to an activating group) is 1. The Morgan fingerprint density at radius 3 is 2.00 bits per heavy atom. The van der Waals surface area contributed by atoms with Crippen molar-refractivity contribution in [1.29, 1.82) is 0 Å². The van der Waals surface area contributed by atoms with Crippen LogP contribution in [0.2, 0.25) is 5.02 Å². The zero-order chi connectivity index (χ0) is 58.7. The fourth-order valence-corrected chi connectivity index (χ4v) is 11.8. The molecule has 0 unspecified atom stereocenters. The zero-order valence-electron chi connectivity index (χ0n) is 48.5. The minimum Gasteiger partial charge on any atom is -0.459 e. The van der Waals surface area contributed by atoms with Gasteiger partial charge in [0.2, 0.25) is 0 Å². The number of hydrogen-bond donors (Lipinski definition) is 3. The molecule has 6 rings (SSSR count). The van der Waals surface area contributed by atoms with Crippen LogP contribution in [0.25, 0.3) is 0 Å². The SMILES string of the molecule is CC[C@H]1OC(=O)[C@H](C)[C@@H](O[C@H]2C[C@@](C)(OC)[C@@H](O)[C@H](C)O2)[C@H](C)[C@@H](O[C@@H]2O[C@H](C)C[C@H](N(C)C(=O)OCc3ccccc3)[C@H]2OC(=O)OCc2ccccc2)[C@](C)(O)C[C@@H](C)/C(=N\OCc2ccccc2Cl)[C@H](C)[C@@H](OC)[C@]1(C)O. The van der Waals surface area contributed by atoms with Crippen LogP contribution in [-0.2, 0) is 76.8 Å². The van der Waals surface area contributed by atoms with Crippen molar-refractivity contribution in [3.63, 3.8) is 0 Å². The molecule has 0 spiro atoms. The maximum atomic E-state index is 14.9. The quantitative estimate of drug-likeness (QED) is 0.0690. The Labute approximate surface area is 476 Å². The molecule has 0 saturated carbocycles. The average Bonchev–Trinajstić information content (AvgIpc) is 3.54. The maximum Gasteiger partial charge on any atom is 0.509 e. The molecule has 3 aliphatic heterocycles. The summed E-state index contributed by atoms with van der Waals surface area (Å²) >= 11 is 6.54. The van der Waals surface area contributed by atoms with Gasteiger partial charge in [0.05, 0.1) is 59.4 Å².